The summed E-state index contributed by atoms with van der Waals surface area (Å²) in [6.45, 7) is 4.28. The van der Waals surface area contributed by atoms with E-state index in [2.05, 4.69) is 18.8 Å². The van der Waals surface area contributed by atoms with Crippen molar-refractivity contribution in [2.75, 3.05) is 5.73 Å². The molecule has 74 valence electrons. The second-order valence-electron chi connectivity index (χ2n) is 3.93. The molecule has 0 atom stereocenters. The summed E-state index contributed by atoms with van der Waals surface area (Å²) in [4.78, 5) is 4.37. The molecule has 2 aromatic rings. The number of aromatic nitrogens is 1. The van der Waals surface area contributed by atoms with Gasteiger partial charge < -0.3 is 10.2 Å². The molecule has 0 fully saturated rings. The first-order chi connectivity index (χ1) is 6.65. The van der Waals surface area contributed by atoms with Crippen LogP contribution in [-0.2, 0) is 6.42 Å². The number of anilines is 1. The van der Waals surface area contributed by atoms with Crippen LogP contribution in [0.4, 0.5) is 5.69 Å². The quantitative estimate of drug-likeness (QED) is 0.740. The van der Waals surface area contributed by atoms with Gasteiger partial charge in [0.2, 0.25) is 0 Å². The maximum atomic E-state index is 5.65. The van der Waals surface area contributed by atoms with Crippen molar-refractivity contribution in [3.05, 3.63) is 24.1 Å². The highest BCUT2D eigenvalue weighted by Crippen LogP contribution is 2.19. The Labute approximate surface area is 82.9 Å². The summed E-state index contributed by atoms with van der Waals surface area (Å²) < 4.78 is 5.57. The molecule has 0 bridgehead atoms. The number of oxazole rings is 1. The molecule has 2 N–H and O–H groups in total. The topological polar surface area (TPSA) is 52.0 Å². The number of rotatable bonds is 2. The molecular weight excluding hydrogens is 176 g/mol. The number of benzene rings is 1. The Kier molecular flexibility index (Phi) is 2.15. The van der Waals surface area contributed by atoms with Crippen LogP contribution in [0.3, 0.4) is 0 Å². The normalized spacial score (nSPS) is 11.4. The van der Waals surface area contributed by atoms with Gasteiger partial charge in [0, 0.05) is 12.1 Å². The second kappa shape index (κ2) is 3.33. The Hall–Kier alpha value is -1.51. The third-order valence-electron chi connectivity index (χ3n) is 2.04. The van der Waals surface area contributed by atoms with Gasteiger partial charge >= 0.3 is 0 Å². The van der Waals surface area contributed by atoms with Gasteiger partial charge in [-0.05, 0) is 24.1 Å². The summed E-state index contributed by atoms with van der Waals surface area (Å²) in [6, 6.07) is 5.52. The van der Waals surface area contributed by atoms with Crippen LogP contribution in [0.2, 0.25) is 0 Å². The molecule has 14 heavy (non-hydrogen) atoms. The van der Waals surface area contributed by atoms with Crippen molar-refractivity contribution in [2.24, 2.45) is 5.92 Å². The fraction of sp³-hybridized carbons (Fsp3) is 0.364. The number of hydrogen-bond donors (Lipinski definition) is 1. The average molecular weight is 190 g/mol. The molecule has 0 aliphatic heterocycles. The van der Waals surface area contributed by atoms with E-state index in [1.54, 1.807) is 0 Å². The fourth-order valence-electron chi connectivity index (χ4n) is 1.43. The number of nitrogen functional groups attached to an aromatic ring is 1. The highest BCUT2D eigenvalue weighted by Gasteiger charge is 2.07. The minimum absolute atomic E-state index is 0.556. The van der Waals surface area contributed by atoms with Gasteiger partial charge in [0.15, 0.2) is 11.5 Å². The van der Waals surface area contributed by atoms with Gasteiger partial charge in [0.25, 0.3) is 0 Å². The number of nitrogens with two attached hydrogens (primary N) is 1. The molecule has 0 unspecified atom stereocenters. The van der Waals surface area contributed by atoms with E-state index in [-0.39, 0.29) is 0 Å². The molecule has 3 nitrogen and oxygen atoms in total. The van der Waals surface area contributed by atoms with Crippen LogP contribution in [0.15, 0.2) is 22.6 Å². The van der Waals surface area contributed by atoms with Crippen molar-refractivity contribution >= 4 is 16.8 Å². The predicted octanol–water partition coefficient (Wildman–Crippen LogP) is 2.61. The SMILES string of the molecule is CC(C)Cc1nc2cc(N)ccc2o1. The monoisotopic (exact) mass is 190 g/mol. The lowest BCUT2D eigenvalue weighted by Crippen LogP contribution is -1.93. The lowest BCUT2D eigenvalue weighted by molar-refractivity contribution is 0.482. The molecule has 0 aliphatic carbocycles. The van der Waals surface area contributed by atoms with Crippen LogP contribution in [0.1, 0.15) is 19.7 Å². The maximum Gasteiger partial charge on any atom is 0.195 e. The molecule has 1 heterocycles. The van der Waals surface area contributed by atoms with Crippen LogP contribution in [-0.4, -0.2) is 4.98 Å². The zero-order valence-electron chi connectivity index (χ0n) is 8.45. The molecule has 0 aliphatic rings. The summed E-state index contributed by atoms with van der Waals surface area (Å²) in [5.74, 6) is 1.35. The van der Waals surface area contributed by atoms with Crippen molar-refractivity contribution in [3.8, 4) is 0 Å². The Morgan fingerprint density at radius 3 is 2.93 bits per heavy atom. The number of hydrogen-bond acceptors (Lipinski definition) is 3. The van der Waals surface area contributed by atoms with Gasteiger partial charge in [-0.3, -0.25) is 0 Å². The van der Waals surface area contributed by atoms with Gasteiger partial charge in [-0.15, -0.1) is 0 Å². The summed E-state index contributed by atoms with van der Waals surface area (Å²) in [5, 5.41) is 0. The molecule has 3 heteroatoms. The standard InChI is InChI=1S/C11H14N2O/c1-7(2)5-11-13-9-6-8(12)3-4-10(9)14-11/h3-4,6-7H,5,12H2,1-2H3. The Balaban J connectivity index is 2.41. The van der Waals surface area contributed by atoms with E-state index >= 15 is 0 Å². The van der Waals surface area contributed by atoms with E-state index in [1.807, 2.05) is 18.2 Å². The minimum Gasteiger partial charge on any atom is -0.441 e. The minimum atomic E-state index is 0.556. The van der Waals surface area contributed by atoms with E-state index in [4.69, 9.17) is 10.2 Å². The molecule has 0 radical (unpaired) electrons. The van der Waals surface area contributed by atoms with Crippen LogP contribution in [0.5, 0.6) is 0 Å². The molecule has 1 aromatic heterocycles. The van der Waals surface area contributed by atoms with Crippen molar-refractivity contribution in [2.45, 2.75) is 20.3 Å². The van der Waals surface area contributed by atoms with Gasteiger partial charge in [0.1, 0.15) is 5.52 Å². The molecular formula is C11H14N2O. The smallest absolute Gasteiger partial charge is 0.195 e. The van der Waals surface area contributed by atoms with Gasteiger partial charge in [-0.25, -0.2) is 4.98 Å². The zero-order valence-corrected chi connectivity index (χ0v) is 8.45. The Morgan fingerprint density at radius 1 is 1.43 bits per heavy atom. The van der Waals surface area contributed by atoms with Crippen LogP contribution in [0.25, 0.3) is 11.1 Å². The highest BCUT2D eigenvalue weighted by atomic mass is 16.3. The van der Waals surface area contributed by atoms with E-state index in [0.717, 1.165) is 29.1 Å². The molecule has 1 aromatic carbocycles. The van der Waals surface area contributed by atoms with E-state index in [1.165, 1.54) is 0 Å². The van der Waals surface area contributed by atoms with E-state index < -0.39 is 0 Å². The fourth-order valence-corrected chi connectivity index (χ4v) is 1.43. The molecule has 0 saturated carbocycles. The van der Waals surface area contributed by atoms with Crippen molar-refractivity contribution < 1.29 is 4.42 Å². The predicted molar refractivity (Wildman–Crippen MR) is 57.0 cm³/mol. The third kappa shape index (κ3) is 1.71. The van der Waals surface area contributed by atoms with Gasteiger partial charge in [0.05, 0.1) is 0 Å². The lowest BCUT2D eigenvalue weighted by Gasteiger charge is -1.96. The highest BCUT2D eigenvalue weighted by molar-refractivity contribution is 5.76. The zero-order chi connectivity index (χ0) is 10.1. The van der Waals surface area contributed by atoms with E-state index in [0.29, 0.717) is 5.92 Å². The number of fused-ring (bicyclic) bond motifs is 1. The number of nitrogens with zero attached hydrogens (tertiary/aromatic N) is 1. The van der Waals surface area contributed by atoms with Crippen molar-refractivity contribution in [1.29, 1.82) is 0 Å². The summed E-state index contributed by atoms with van der Waals surface area (Å²) >= 11 is 0. The van der Waals surface area contributed by atoms with Crippen molar-refractivity contribution in [3.63, 3.8) is 0 Å². The van der Waals surface area contributed by atoms with Crippen LogP contribution in [0, 0.1) is 5.92 Å². The van der Waals surface area contributed by atoms with Crippen LogP contribution < -0.4 is 5.73 Å². The average Bonchev–Trinajstić information content (AvgIpc) is 2.44. The summed E-state index contributed by atoms with van der Waals surface area (Å²) in [6.07, 6.45) is 0.870. The maximum absolute atomic E-state index is 5.65. The first kappa shape index (κ1) is 9.06. The largest absolute Gasteiger partial charge is 0.441 e. The first-order valence-corrected chi connectivity index (χ1v) is 4.80. The first-order valence-electron chi connectivity index (χ1n) is 4.80. The molecule has 0 saturated heterocycles. The second-order valence-corrected chi connectivity index (χ2v) is 3.93. The molecule has 2 rings (SSSR count). The molecule has 0 spiro atoms. The summed E-state index contributed by atoms with van der Waals surface area (Å²) in [7, 11) is 0. The lowest BCUT2D eigenvalue weighted by atomic mass is 10.1. The summed E-state index contributed by atoms with van der Waals surface area (Å²) in [5.41, 5.74) is 8.04. The Morgan fingerprint density at radius 2 is 2.21 bits per heavy atom. The van der Waals surface area contributed by atoms with Crippen molar-refractivity contribution in [1.82, 2.24) is 4.98 Å². The van der Waals surface area contributed by atoms with Gasteiger partial charge in [-0.2, -0.15) is 0 Å². The van der Waals surface area contributed by atoms with Crippen LogP contribution >= 0.6 is 0 Å². The Bertz CT molecular complexity index is 445. The van der Waals surface area contributed by atoms with E-state index in [9.17, 15) is 0 Å². The van der Waals surface area contributed by atoms with Gasteiger partial charge in [-0.1, -0.05) is 13.8 Å². The third-order valence-corrected chi connectivity index (χ3v) is 2.04. The molecule has 0 amide bonds.